The molecule has 2 heteroatoms. The molecule has 1 aromatic heterocycles. The lowest BCUT2D eigenvalue weighted by Gasteiger charge is -2.27. The van der Waals surface area contributed by atoms with Crippen molar-refractivity contribution in [2.75, 3.05) is 4.90 Å². The second kappa shape index (κ2) is 14.0. The van der Waals surface area contributed by atoms with Gasteiger partial charge in [-0.2, -0.15) is 0 Å². The van der Waals surface area contributed by atoms with E-state index in [-0.39, 0.29) is 0 Å². The number of para-hydroxylation sites is 2. The number of aromatic nitrogens is 1. The van der Waals surface area contributed by atoms with Crippen molar-refractivity contribution in [1.29, 1.82) is 0 Å². The second-order valence-electron chi connectivity index (χ2n) is 11.2. The Morgan fingerprint density at radius 1 is 0.652 bits per heavy atom. The third kappa shape index (κ3) is 6.03. The molecular formula is C44H40N2. The van der Waals surface area contributed by atoms with Crippen molar-refractivity contribution in [3.63, 3.8) is 0 Å². The lowest BCUT2D eigenvalue weighted by atomic mass is 10.0. The smallest absolute Gasteiger partial charge is 0.0541 e. The summed E-state index contributed by atoms with van der Waals surface area (Å²) in [6.45, 7) is 10.2. The molecule has 46 heavy (non-hydrogen) atoms. The number of allylic oxidation sites excluding steroid dienone is 8. The zero-order valence-corrected chi connectivity index (χ0v) is 26.9. The molecule has 1 heterocycles. The highest BCUT2D eigenvalue weighted by molar-refractivity contribution is 6.09. The van der Waals surface area contributed by atoms with Crippen LogP contribution in [-0.4, -0.2) is 4.57 Å². The summed E-state index contributed by atoms with van der Waals surface area (Å²) in [5.41, 5.74) is 11.7. The number of anilines is 2. The Morgan fingerprint density at radius 2 is 1.20 bits per heavy atom. The number of nitrogens with zero attached hydrogens (tertiary/aromatic N) is 2. The number of hydrogen-bond donors (Lipinski definition) is 0. The molecule has 0 unspecified atom stereocenters. The molecule has 6 aromatic rings. The van der Waals surface area contributed by atoms with E-state index in [9.17, 15) is 0 Å². The summed E-state index contributed by atoms with van der Waals surface area (Å²) in [6.07, 6.45) is 15.6. The van der Waals surface area contributed by atoms with Crippen molar-refractivity contribution in [2.45, 2.75) is 27.2 Å². The standard InChI is InChI=1S/C44H40N2/c1-5-9-15-33(7-3)34-21-27-38(28-22-34)45(37(8-4)16-10-6-2)39-29-23-35(24-30-39)36-25-31-40(32-26-36)46-43-19-13-11-17-41(43)42-18-12-14-20-44(42)46/h6-32H,2,5H2,1,3-4H3/b15-9-,16-10-,33-7+,37-8+. The molecule has 5 aromatic carbocycles. The van der Waals surface area contributed by atoms with E-state index in [1.807, 2.05) is 12.2 Å². The summed E-state index contributed by atoms with van der Waals surface area (Å²) in [7, 11) is 0. The van der Waals surface area contributed by atoms with Crippen LogP contribution >= 0.6 is 0 Å². The van der Waals surface area contributed by atoms with Gasteiger partial charge in [0.15, 0.2) is 0 Å². The van der Waals surface area contributed by atoms with Crippen LogP contribution in [0.25, 0.3) is 44.2 Å². The van der Waals surface area contributed by atoms with E-state index in [1.54, 1.807) is 0 Å². The first kappa shape index (κ1) is 30.4. The van der Waals surface area contributed by atoms with Crippen LogP contribution < -0.4 is 4.90 Å². The van der Waals surface area contributed by atoms with Crippen LogP contribution in [0.2, 0.25) is 0 Å². The molecule has 0 fully saturated rings. The number of fused-ring (bicyclic) bond motifs is 3. The van der Waals surface area contributed by atoms with E-state index in [0.717, 1.165) is 29.2 Å². The predicted octanol–water partition coefficient (Wildman–Crippen LogP) is 12.6. The maximum atomic E-state index is 3.89. The van der Waals surface area contributed by atoms with Crippen molar-refractivity contribution < 1.29 is 0 Å². The lowest BCUT2D eigenvalue weighted by molar-refractivity contribution is 1.18. The normalized spacial score (nSPS) is 12.5. The molecule has 0 bridgehead atoms. The molecular weight excluding hydrogens is 556 g/mol. The van der Waals surface area contributed by atoms with Crippen molar-refractivity contribution in [3.05, 3.63) is 182 Å². The summed E-state index contributed by atoms with van der Waals surface area (Å²) >= 11 is 0. The molecule has 0 atom stereocenters. The van der Waals surface area contributed by atoms with Crippen LogP contribution in [0.4, 0.5) is 11.4 Å². The number of hydrogen-bond acceptors (Lipinski definition) is 1. The quantitative estimate of drug-likeness (QED) is 0.143. The Hall–Kier alpha value is -5.60. The van der Waals surface area contributed by atoms with Gasteiger partial charge >= 0.3 is 0 Å². The van der Waals surface area contributed by atoms with Crippen molar-refractivity contribution >= 4 is 38.8 Å². The van der Waals surface area contributed by atoms with Crippen LogP contribution in [0.5, 0.6) is 0 Å². The average molecular weight is 597 g/mol. The third-order valence-electron chi connectivity index (χ3n) is 8.42. The zero-order chi connectivity index (χ0) is 31.9. The first-order chi connectivity index (χ1) is 22.7. The SMILES string of the molecule is C=C/C=C\C(=C/C)N(c1ccc(C(/C=C\CC)=C/C)cc1)c1ccc(-c2ccc(-n3c4ccccc4c4ccccc43)cc2)cc1. The highest BCUT2D eigenvalue weighted by Gasteiger charge is 2.14. The van der Waals surface area contributed by atoms with Gasteiger partial charge in [-0.1, -0.05) is 123 Å². The van der Waals surface area contributed by atoms with Gasteiger partial charge in [-0.05, 0) is 97.1 Å². The minimum absolute atomic E-state index is 1.02. The van der Waals surface area contributed by atoms with Gasteiger partial charge in [-0.3, -0.25) is 0 Å². The summed E-state index contributed by atoms with van der Waals surface area (Å²) in [5, 5.41) is 2.55. The predicted molar refractivity (Wildman–Crippen MR) is 201 cm³/mol. The molecule has 6 rings (SSSR count). The van der Waals surface area contributed by atoms with E-state index in [4.69, 9.17) is 0 Å². The highest BCUT2D eigenvalue weighted by Crippen LogP contribution is 2.35. The van der Waals surface area contributed by atoms with Crippen molar-refractivity contribution in [3.8, 4) is 16.8 Å². The number of rotatable bonds is 10. The van der Waals surface area contributed by atoms with Gasteiger partial charge in [-0.15, -0.1) is 0 Å². The van der Waals surface area contributed by atoms with E-state index in [0.29, 0.717) is 0 Å². The van der Waals surface area contributed by atoms with Gasteiger partial charge in [0, 0.05) is 33.5 Å². The summed E-state index contributed by atoms with van der Waals surface area (Å²) in [5.74, 6) is 0. The molecule has 0 N–H and O–H groups in total. The van der Waals surface area contributed by atoms with Gasteiger partial charge < -0.3 is 9.47 Å². The van der Waals surface area contributed by atoms with Crippen LogP contribution in [0.15, 0.2) is 176 Å². The fourth-order valence-corrected chi connectivity index (χ4v) is 6.13. The molecule has 0 amide bonds. The van der Waals surface area contributed by atoms with Crippen molar-refractivity contribution in [2.24, 2.45) is 0 Å². The molecule has 0 aliphatic heterocycles. The maximum absolute atomic E-state index is 3.89. The van der Waals surface area contributed by atoms with E-state index in [2.05, 4.69) is 189 Å². The Bertz CT molecular complexity index is 2030. The maximum Gasteiger partial charge on any atom is 0.0541 e. The Balaban J connectivity index is 1.32. The van der Waals surface area contributed by atoms with E-state index < -0.39 is 0 Å². The van der Waals surface area contributed by atoms with Crippen LogP contribution in [0.3, 0.4) is 0 Å². The average Bonchev–Trinajstić information content (AvgIpc) is 3.45. The first-order valence-electron chi connectivity index (χ1n) is 16.0. The zero-order valence-electron chi connectivity index (χ0n) is 26.9. The fourth-order valence-electron chi connectivity index (χ4n) is 6.13. The van der Waals surface area contributed by atoms with Gasteiger partial charge in [-0.25, -0.2) is 0 Å². The summed E-state index contributed by atoms with van der Waals surface area (Å²) < 4.78 is 2.36. The van der Waals surface area contributed by atoms with Gasteiger partial charge in [0.05, 0.1) is 11.0 Å². The third-order valence-corrected chi connectivity index (χ3v) is 8.42. The Kier molecular flexibility index (Phi) is 9.27. The topological polar surface area (TPSA) is 8.17 Å². The molecule has 0 saturated heterocycles. The minimum atomic E-state index is 1.02. The molecule has 0 spiro atoms. The molecule has 0 aliphatic carbocycles. The summed E-state index contributed by atoms with van der Waals surface area (Å²) in [6, 6.07) is 43.8. The molecule has 226 valence electrons. The second-order valence-corrected chi connectivity index (χ2v) is 11.2. The van der Waals surface area contributed by atoms with E-state index in [1.165, 1.54) is 44.1 Å². The fraction of sp³-hybridized carbons (Fsp3) is 0.0909. The summed E-state index contributed by atoms with van der Waals surface area (Å²) in [4.78, 5) is 2.29. The van der Waals surface area contributed by atoms with Gasteiger partial charge in [0.25, 0.3) is 0 Å². The molecule has 0 saturated carbocycles. The van der Waals surface area contributed by atoms with E-state index >= 15 is 0 Å². The number of benzene rings is 5. The first-order valence-corrected chi connectivity index (χ1v) is 16.0. The monoisotopic (exact) mass is 596 g/mol. The molecule has 2 nitrogen and oxygen atoms in total. The molecule has 0 aliphatic rings. The Morgan fingerprint density at radius 3 is 1.72 bits per heavy atom. The Labute approximate surface area is 273 Å². The highest BCUT2D eigenvalue weighted by atomic mass is 15.1. The largest absolute Gasteiger partial charge is 0.311 e. The van der Waals surface area contributed by atoms with Crippen LogP contribution in [0.1, 0.15) is 32.8 Å². The molecule has 0 radical (unpaired) electrons. The lowest BCUT2D eigenvalue weighted by Crippen LogP contribution is -2.15. The van der Waals surface area contributed by atoms with Crippen LogP contribution in [-0.2, 0) is 0 Å². The van der Waals surface area contributed by atoms with Gasteiger partial charge in [0.1, 0.15) is 0 Å². The van der Waals surface area contributed by atoms with Gasteiger partial charge in [0.2, 0.25) is 0 Å². The van der Waals surface area contributed by atoms with Crippen molar-refractivity contribution in [1.82, 2.24) is 4.57 Å². The minimum Gasteiger partial charge on any atom is -0.311 e. The van der Waals surface area contributed by atoms with Crippen LogP contribution in [0, 0.1) is 0 Å².